The zero-order valence-electron chi connectivity index (χ0n) is 15.3. The van der Waals surface area contributed by atoms with Crippen LogP contribution < -0.4 is 5.32 Å². The van der Waals surface area contributed by atoms with Crippen molar-refractivity contribution in [2.24, 2.45) is 7.05 Å². The van der Waals surface area contributed by atoms with Gasteiger partial charge in [0, 0.05) is 51.3 Å². The maximum absolute atomic E-state index is 12.6. The topological polar surface area (TPSA) is 79.7 Å². The molecule has 0 radical (unpaired) electrons. The summed E-state index contributed by atoms with van der Waals surface area (Å²) in [5.41, 5.74) is 2.01. The molecule has 0 aliphatic carbocycles. The van der Waals surface area contributed by atoms with Crippen molar-refractivity contribution in [1.82, 2.24) is 24.9 Å². The number of aromatic nitrogens is 2. The van der Waals surface area contributed by atoms with Crippen molar-refractivity contribution in [2.45, 2.75) is 32.4 Å². The van der Waals surface area contributed by atoms with Crippen molar-refractivity contribution in [1.29, 1.82) is 0 Å². The lowest BCUT2D eigenvalue weighted by Crippen LogP contribution is -2.52. The summed E-state index contributed by atoms with van der Waals surface area (Å²) in [6.07, 6.45) is 1.15. The van der Waals surface area contributed by atoms with Gasteiger partial charge in [-0.2, -0.15) is 5.10 Å². The van der Waals surface area contributed by atoms with Gasteiger partial charge in [0.1, 0.15) is 5.15 Å². The predicted octanol–water partition coefficient (Wildman–Crippen LogP) is 0.185. The van der Waals surface area contributed by atoms with Crippen LogP contribution in [-0.4, -0.2) is 76.8 Å². The molecular weight excluding hydrogens is 358 g/mol. The number of hydrogen-bond acceptors (Lipinski definition) is 5. The second-order valence-corrected chi connectivity index (χ2v) is 7.12. The first-order valence-corrected chi connectivity index (χ1v) is 9.44. The van der Waals surface area contributed by atoms with Gasteiger partial charge in [-0.15, -0.1) is 0 Å². The van der Waals surface area contributed by atoms with E-state index >= 15 is 0 Å². The lowest BCUT2D eigenvalue weighted by Gasteiger charge is -2.36. The molecule has 0 spiro atoms. The van der Waals surface area contributed by atoms with E-state index in [2.05, 4.69) is 22.2 Å². The molecule has 1 unspecified atom stereocenters. The molecule has 1 aromatic rings. The minimum Gasteiger partial charge on any atom is -0.378 e. The number of carbonyl (C=O) groups is 2. The number of nitrogens with zero attached hydrogens (tertiary/aromatic N) is 4. The summed E-state index contributed by atoms with van der Waals surface area (Å²) in [7, 11) is 1.84. The summed E-state index contributed by atoms with van der Waals surface area (Å²) in [5.74, 6) is -0.107. The van der Waals surface area contributed by atoms with Gasteiger partial charge in [-0.3, -0.25) is 19.2 Å². The minimum absolute atomic E-state index is 0.00616. The molecule has 3 rings (SSSR count). The number of hydrogen-bond donors (Lipinski definition) is 1. The molecule has 3 heterocycles. The van der Waals surface area contributed by atoms with Crippen LogP contribution in [0.1, 0.15) is 24.6 Å². The van der Waals surface area contributed by atoms with Crippen molar-refractivity contribution in [3.05, 3.63) is 16.4 Å². The molecule has 0 saturated carbocycles. The van der Waals surface area contributed by atoms with Crippen LogP contribution in [0.5, 0.6) is 0 Å². The largest absolute Gasteiger partial charge is 0.378 e. The summed E-state index contributed by atoms with van der Waals surface area (Å²) in [6.45, 7) is 5.81. The number of rotatable bonds is 5. The molecule has 0 bridgehead atoms. The standard InChI is InChI=1S/C17H26ClN5O3/c1-3-14-13(17(18)21(2)20-14)9-22-6-7-26-11-12(22)8-16(25)23-5-4-19-15(24)10-23/h12H,3-11H2,1-2H3,(H,19,24). The van der Waals surface area contributed by atoms with Crippen molar-refractivity contribution in [3.8, 4) is 0 Å². The highest BCUT2D eigenvalue weighted by Crippen LogP contribution is 2.24. The average molecular weight is 384 g/mol. The third-order valence-corrected chi connectivity index (χ3v) is 5.47. The zero-order chi connectivity index (χ0) is 18.7. The fourth-order valence-corrected chi connectivity index (χ4v) is 3.72. The lowest BCUT2D eigenvalue weighted by molar-refractivity contribution is -0.140. The summed E-state index contributed by atoms with van der Waals surface area (Å²) in [5, 5.41) is 7.85. The summed E-state index contributed by atoms with van der Waals surface area (Å²) >= 11 is 6.43. The molecule has 2 aliphatic heterocycles. The lowest BCUT2D eigenvalue weighted by atomic mass is 10.1. The van der Waals surface area contributed by atoms with Crippen LogP contribution in [0.2, 0.25) is 5.15 Å². The first-order valence-electron chi connectivity index (χ1n) is 9.06. The van der Waals surface area contributed by atoms with E-state index in [1.165, 1.54) is 0 Å². The molecule has 1 aromatic heterocycles. The van der Waals surface area contributed by atoms with Crippen LogP contribution >= 0.6 is 11.6 Å². The smallest absolute Gasteiger partial charge is 0.239 e. The van der Waals surface area contributed by atoms with E-state index < -0.39 is 0 Å². The van der Waals surface area contributed by atoms with Crippen LogP contribution in [0, 0.1) is 0 Å². The maximum atomic E-state index is 12.6. The molecule has 0 aromatic carbocycles. The molecule has 144 valence electrons. The second kappa shape index (κ2) is 8.37. The van der Waals surface area contributed by atoms with Crippen LogP contribution in [0.25, 0.3) is 0 Å². The Labute approximate surface area is 158 Å². The number of carbonyl (C=O) groups excluding carboxylic acids is 2. The Hall–Kier alpha value is -1.64. The van der Waals surface area contributed by atoms with Gasteiger partial charge in [-0.1, -0.05) is 18.5 Å². The highest BCUT2D eigenvalue weighted by Gasteiger charge is 2.30. The van der Waals surface area contributed by atoms with Crippen LogP contribution in [0.4, 0.5) is 0 Å². The van der Waals surface area contributed by atoms with E-state index in [4.69, 9.17) is 16.3 Å². The highest BCUT2D eigenvalue weighted by atomic mass is 35.5. The number of halogens is 1. The van der Waals surface area contributed by atoms with Crippen LogP contribution in [0.3, 0.4) is 0 Å². The van der Waals surface area contributed by atoms with Gasteiger partial charge < -0.3 is 15.0 Å². The average Bonchev–Trinajstić information content (AvgIpc) is 2.91. The maximum Gasteiger partial charge on any atom is 0.239 e. The Bertz CT molecular complexity index is 678. The Morgan fingerprint density at radius 1 is 1.42 bits per heavy atom. The van der Waals surface area contributed by atoms with Gasteiger partial charge in [-0.25, -0.2) is 0 Å². The summed E-state index contributed by atoms with van der Waals surface area (Å²) < 4.78 is 7.30. The van der Waals surface area contributed by atoms with Gasteiger partial charge in [0.15, 0.2) is 0 Å². The Morgan fingerprint density at radius 3 is 2.96 bits per heavy atom. The quantitative estimate of drug-likeness (QED) is 0.785. The van der Waals surface area contributed by atoms with E-state index in [1.54, 1.807) is 9.58 Å². The fraction of sp³-hybridized carbons (Fsp3) is 0.706. The zero-order valence-corrected chi connectivity index (χ0v) is 16.1. The minimum atomic E-state index is -0.101. The second-order valence-electron chi connectivity index (χ2n) is 6.76. The Morgan fingerprint density at radius 2 is 2.23 bits per heavy atom. The van der Waals surface area contributed by atoms with E-state index in [9.17, 15) is 9.59 Å². The molecular formula is C17H26ClN5O3. The number of morpholine rings is 1. The van der Waals surface area contributed by atoms with Crippen molar-refractivity contribution < 1.29 is 14.3 Å². The van der Waals surface area contributed by atoms with Gasteiger partial charge in [-0.05, 0) is 6.42 Å². The SMILES string of the molecule is CCc1nn(C)c(Cl)c1CN1CCOCC1CC(=O)N1CCNC(=O)C1. The molecule has 9 heteroatoms. The number of amides is 2. The highest BCUT2D eigenvalue weighted by molar-refractivity contribution is 6.30. The van der Waals surface area contributed by atoms with Crippen LogP contribution in [0.15, 0.2) is 0 Å². The van der Waals surface area contributed by atoms with Crippen LogP contribution in [-0.2, 0) is 34.3 Å². The van der Waals surface area contributed by atoms with Crippen molar-refractivity contribution in [3.63, 3.8) is 0 Å². The van der Waals surface area contributed by atoms with E-state index in [0.717, 1.165) is 24.2 Å². The van der Waals surface area contributed by atoms with Gasteiger partial charge >= 0.3 is 0 Å². The predicted molar refractivity (Wildman–Crippen MR) is 96.8 cm³/mol. The summed E-state index contributed by atoms with van der Waals surface area (Å²) in [4.78, 5) is 28.0. The first kappa shape index (κ1) is 19.1. The number of ether oxygens (including phenoxy) is 1. The Balaban J connectivity index is 1.68. The van der Waals surface area contributed by atoms with Gasteiger partial charge in [0.2, 0.25) is 11.8 Å². The summed E-state index contributed by atoms with van der Waals surface area (Å²) in [6, 6.07) is -0.0257. The van der Waals surface area contributed by atoms with Crippen molar-refractivity contribution in [2.75, 3.05) is 39.4 Å². The fourth-order valence-electron chi connectivity index (χ4n) is 3.51. The molecule has 8 nitrogen and oxygen atoms in total. The van der Waals surface area contributed by atoms with Gasteiger partial charge in [0.25, 0.3) is 0 Å². The molecule has 2 aliphatic rings. The van der Waals surface area contributed by atoms with E-state index in [-0.39, 0.29) is 24.4 Å². The molecule has 26 heavy (non-hydrogen) atoms. The third kappa shape index (κ3) is 4.19. The first-order chi connectivity index (χ1) is 12.5. The van der Waals surface area contributed by atoms with Gasteiger partial charge in [0.05, 0.1) is 25.5 Å². The monoisotopic (exact) mass is 383 g/mol. The molecule has 2 fully saturated rings. The third-order valence-electron chi connectivity index (χ3n) is 5.00. The van der Waals surface area contributed by atoms with Crippen molar-refractivity contribution >= 4 is 23.4 Å². The molecule has 2 saturated heterocycles. The number of aryl methyl sites for hydroxylation is 2. The van der Waals surface area contributed by atoms with E-state index in [0.29, 0.717) is 44.4 Å². The number of nitrogens with one attached hydrogen (secondary N) is 1. The molecule has 1 N–H and O–H groups in total. The van der Waals surface area contributed by atoms with E-state index in [1.807, 2.05) is 7.05 Å². The molecule has 1 atom stereocenters. The Kier molecular flexibility index (Phi) is 6.16. The normalized spacial score (nSPS) is 21.7. The molecule has 2 amide bonds. The number of piperazine rings is 1.